The van der Waals surface area contributed by atoms with Crippen molar-refractivity contribution in [1.82, 2.24) is 0 Å². The van der Waals surface area contributed by atoms with Gasteiger partial charge in [-0.2, -0.15) is 0 Å². The minimum absolute atomic E-state index is 0.0360. The van der Waals surface area contributed by atoms with Gasteiger partial charge in [0.1, 0.15) is 16.9 Å². The lowest BCUT2D eigenvalue weighted by Crippen LogP contribution is -2.41. The molecule has 1 saturated carbocycles. The van der Waals surface area contributed by atoms with Crippen LogP contribution in [-0.2, 0) is 24.1 Å². The molecule has 2 aliphatic carbocycles. The minimum Gasteiger partial charge on any atom is -0.493 e. The lowest BCUT2D eigenvalue weighted by molar-refractivity contribution is 0.0109. The van der Waals surface area contributed by atoms with E-state index < -0.39 is 6.09 Å². The van der Waals surface area contributed by atoms with Crippen LogP contribution in [0.25, 0.3) is 11.0 Å². The smallest absolute Gasteiger partial charge is 0.437 e. The molecule has 8 nitrogen and oxygen atoms in total. The fourth-order valence-corrected chi connectivity index (χ4v) is 6.23. The van der Waals surface area contributed by atoms with Gasteiger partial charge in [0.15, 0.2) is 11.5 Å². The fourth-order valence-electron chi connectivity index (χ4n) is 6.23. The van der Waals surface area contributed by atoms with E-state index in [1.165, 1.54) is 37.5 Å². The molecule has 3 aliphatic rings. The summed E-state index contributed by atoms with van der Waals surface area (Å²) in [7, 11) is 3.10. The first-order valence-electron chi connectivity index (χ1n) is 13.6. The predicted molar refractivity (Wildman–Crippen MR) is 143 cm³/mol. The molecular formula is C30H34N2O6. The summed E-state index contributed by atoms with van der Waals surface area (Å²) in [5.74, 6) is 1.99. The molecule has 0 bridgehead atoms. The molecule has 6 rings (SSSR count). The Morgan fingerprint density at radius 1 is 0.895 bits per heavy atom. The van der Waals surface area contributed by atoms with Gasteiger partial charge in [-0.1, -0.05) is 6.42 Å². The average molecular weight is 519 g/mol. The molecule has 0 atom stereocenters. The molecule has 0 unspecified atom stereocenters. The summed E-state index contributed by atoms with van der Waals surface area (Å²) in [5, 5.41) is 7.96. The van der Waals surface area contributed by atoms with Crippen molar-refractivity contribution in [2.75, 3.05) is 19.5 Å². The SMILES string of the molecule is COc1ccc(NC(=O)O/N=c2/oc3cc4c(cc3c3c2CCCC3)CCC2(CCCCC2)O4)cc1OC. The first kappa shape index (κ1) is 24.6. The van der Waals surface area contributed by atoms with E-state index in [-0.39, 0.29) is 5.60 Å². The molecule has 1 spiro atoms. The highest BCUT2D eigenvalue weighted by Gasteiger charge is 2.37. The Morgan fingerprint density at radius 2 is 1.68 bits per heavy atom. The van der Waals surface area contributed by atoms with Crippen molar-refractivity contribution in [3.63, 3.8) is 0 Å². The van der Waals surface area contributed by atoms with Gasteiger partial charge in [-0.05, 0) is 98.7 Å². The van der Waals surface area contributed by atoms with Crippen molar-refractivity contribution in [1.29, 1.82) is 0 Å². The normalized spacial score (nSPS) is 18.3. The monoisotopic (exact) mass is 518 g/mol. The van der Waals surface area contributed by atoms with Crippen LogP contribution < -0.4 is 25.1 Å². The standard InChI is InChI=1S/C30H34N2O6/c1-34-24-11-10-20(17-27(24)35-2)31-29(33)38-32-28-22-9-5-4-8-21(22)23-16-19-12-15-30(13-6-3-7-14-30)37-25(19)18-26(23)36-28/h10-11,16-18H,3-9,12-15H2,1-2H3,(H,31,33)/b32-28+. The van der Waals surface area contributed by atoms with E-state index in [0.717, 1.165) is 73.6 Å². The van der Waals surface area contributed by atoms with Gasteiger partial charge in [0.25, 0.3) is 5.55 Å². The molecule has 0 saturated heterocycles. The third kappa shape index (κ3) is 4.68. The molecule has 0 radical (unpaired) electrons. The number of ether oxygens (including phenoxy) is 3. The number of rotatable bonds is 4. The van der Waals surface area contributed by atoms with Gasteiger partial charge in [-0.3, -0.25) is 10.2 Å². The Labute approximate surface area is 221 Å². The second-order valence-corrected chi connectivity index (χ2v) is 10.5. The molecule has 1 fully saturated rings. The minimum atomic E-state index is -0.718. The molecule has 3 aromatic rings. The summed E-state index contributed by atoms with van der Waals surface area (Å²) in [4.78, 5) is 17.8. The van der Waals surface area contributed by atoms with Crippen LogP contribution in [0.3, 0.4) is 0 Å². The van der Waals surface area contributed by atoms with Gasteiger partial charge in [-0.15, -0.1) is 0 Å². The Kier molecular flexibility index (Phi) is 6.64. The van der Waals surface area contributed by atoms with E-state index in [1.54, 1.807) is 25.3 Å². The van der Waals surface area contributed by atoms with Crippen LogP contribution in [0.15, 0.2) is 39.9 Å². The molecule has 38 heavy (non-hydrogen) atoms. The number of nitrogens with one attached hydrogen (secondary N) is 1. The van der Waals surface area contributed by atoms with Crippen molar-refractivity contribution in [2.45, 2.75) is 76.2 Å². The van der Waals surface area contributed by atoms with E-state index in [1.807, 2.05) is 6.07 Å². The summed E-state index contributed by atoms with van der Waals surface area (Å²) in [6.07, 6.45) is 11.3. The van der Waals surface area contributed by atoms with Gasteiger partial charge in [-0.25, -0.2) is 4.79 Å². The zero-order chi connectivity index (χ0) is 26.1. The number of nitrogens with zero attached hydrogens (tertiary/aromatic N) is 1. The van der Waals surface area contributed by atoms with Gasteiger partial charge < -0.3 is 18.6 Å². The summed E-state index contributed by atoms with van der Waals surface area (Å²) in [5.41, 5.74) is 5.04. The highest BCUT2D eigenvalue weighted by Crippen LogP contribution is 2.43. The van der Waals surface area contributed by atoms with Gasteiger partial charge in [0.05, 0.1) is 14.2 Å². The number of methoxy groups -OCH3 is 2. The third-order valence-electron chi connectivity index (χ3n) is 8.20. The Morgan fingerprint density at radius 3 is 2.47 bits per heavy atom. The van der Waals surface area contributed by atoms with Crippen molar-refractivity contribution in [3.05, 3.63) is 52.6 Å². The maximum Gasteiger partial charge on any atom is 0.437 e. The summed E-state index contributed by atoms with van der Waals surface area (Å²) >= 11 is 0. The van der Waals surface area contributed by atoms with E-state index in [4.69, 9.17) is 23.5 Å². The van der Waals surface area contributed by atoms with Crippen molar-refractivity contribution < 1.29 is 28.3 Å². The molecule has 1 amide bonds. The number of carbonyl (C=O) groups excluding carboxylic acids is 1. The quantitative estimate of drug-likeness (QED) is 0.317. The lowest BCUT2D eigenvalue weighted by Gasteiger charge is -2.41. The molecule has 1 aromatic heterocycles. The average Bonchev–Trinajstić information content (AvgIpc) is 2.95. The van der Waals surface area contributed by atoms with Crippen LogP contribution >= 0.6 is 0 Å². The van der Waals surface area contributed by atoms with E-state index in [2.05, 4.69) is 16.5 Å². The van der Waals surface area contributed by atoms with Gasteiger partial charge in [0.2, 0.25) is 0 Å². The summed E-state index contributed by atoms with van der Waals surface area (Å²) < 4.78 is 23.5. The zero-order valence-electron chi connectivity index (χ0n) is 22.1. The molecule has 200 valence electrons. The van der Waals surface area contributed by atoms with Crippen molar-refractivity contribution in [2.24, 2.45) is 5.16 Å². The van der Waals surface area contributed by atoms with E-state index in [9.17, 15) is 4.79 Å². The molecular weight excluding hydrogens is 484 g/mol. The molecule has 2 heterocycles. The van der Waals surface area contributed by atoms with Crippen LogP contribution in [0.1, 0.15) is 68.1 Å². The molecule has 1 N–H and O–H groups in total. The highest BCUT2D eigenvalue weighted by molar-refractivity contribution is 5.85. The number of amides is 1. The number of fused-ring (bicyclic) bond motifs is 4. The van der Waals surface area contributed by atoms with Crippen LogP contribution in [0.4, 0.5) is 10.5 Å². The van der Waals surface area contributed by atoms with Crippen LogP contribution in [0, 0.1) is 0 Å². The maximum atomic E-state index is 12.6. The summed E-state index contributed by atoms with van der Waals surface area (Å²) in [6, 6.07) is 9.35. The number of carbonyl (C=O) groups is 1. The zero-order valence-corrected chi connectivity index (χ0v) is 22.1. The van der Waals surface area contributed by atoms with Crippen molar-refractivity contribution >= 4 is 22.7 Å². The van der Waals surface area contributed by atoms with Crippen LogP contribution in [0.5, 0.6) is 17.2 Å². The number of benzene rings is 2. The highest BCUT2D eigenvalue weighted by atomic mass is 16.7. The maximum absolute atomic E-state index is 12.6. The second kappa shape index (κ2) is 10.2. The Hall–Kier alpha value is -3.68. The predicted octanol–water partition coefficient (Wildman–Crippen LogP) is 6.42. The number of aryl methyl sites for hydroxylation is 2. The second-order valence-electron chi connectivity index (χ2n) is 10.5. The first-order valence-corrected chi connectivity index (χ1v) is 13.6. The third-order valence-corrected chi connectivity index (χ3v) is 8.20. The molecule has 2 aromatic carbocycles. The van der Waals surface area contributed by atoms with Gasteiger partial charge >= 0.3 is 6.09 Å². The number of anilines is 1. The largest absolute Gasteiger partial charge is 0.493 e. The Balaban J connectivity index is 1.30. The fraction of sp³-hybridized carbons (Fsp3) is 0.467. The topological polar surface area (TPSA) is 91.5 Å². The summed E-state index contributed by atoms with van der Waals surface area (Å²) in [6.45, 7) is 0. The van der Waals surface area contributed by atoms with Crippen LogP contribution in [0.2, 0.25) is 0 Å². The van der Waals surface area contributed by atoms with E-state index >= 15 is 0 Å². The number of hydrogen-bond acceptors (Lipinski definition) is 7. The van der Waals surface area contributed by atoms with E-state index in [0.29, 0.717) is 22.7 Å². The molecule has 8 heteroatoms. The molecule has 1 aliphatic heterocycles. The van der Waals surface area contributed by atoms with Crippen LogP contribution in [-0.4, -0.2) is 25.9 Å². The Bertz CT molecular complexity index is 1440. The van der Waals surface area contributed by atoms with Crippen molar-refractivity contribution in [3.8, 4) is 17.2 Å². The first-order chi connectivity index (χ1) is 18.6. The van der Waals surface area contributed by atoms with Gasteiger partial charge in [0, 0.05) is 28.8 Å². The lowest BCUT2D eigenvalue weighted by atomic mass is 9.78. The number of hydrogen-bond donors (Lipinski definition) is 1.